The molecule has 0 bridgehead atoms. The first kappa shape index (κ1) is 8.44. The normalized spacial score (nSPS) is 11.3. The van der Waals surface area contributed by atoms with Crippen LogP contribution in [0.1, 0.15) is 5.89 Å². The van der Waals surface area contributed by atoms with Gasteiger partial charge in [0.25, 0.3) is 0 Å². The Morgan fingerprint density at radius 3 is 2.87 bits per heavy atom. The van der Waals surface area contributed by atoms with Crippen molar-refractivity contribution >= 4 is 21.9 Å². The zero-order valence-corrected chi connectivity index (χ0v) is 7.97. The molecule has 15 heavy (non-hydrogen) atoms. The van der Waals surface area contributed by atoms with Crippen LogP contribution in [0, 0.1) is 0 Å². The van der Waals surface area contributed by atoms with Crippen LogP contribution in [0.15, 0.2) is 40.8 Å². The molecule has 0 aliphatic heterocycles. The first-order chi connectivity index (χ1) is 7.38. The Labute approximate surface area is 86.0 Å². The predicted octanol–water partition coefficient (Wildman–Crippen LogP) is 2.47. The Morgan fingerprint density at radius 2 is 2.00 bits per heavy atom. The van der Waals surface area contributed by atoms with Crippen LogP contribution in [-0.4, -0.2) is 10.1 Å². The second-order valence-corrected chi connectivity index (χ2v) is 3.40. The molecule has 0 amide bonds. The average molecular weight is 199 g/mol. The maximum absolute atomic E-state index is 8.95. The fraction of sp³-hybridized carbons (Fsp3) is 0.0833. The van der Waals surface area contributed by atoms with E-state index in [1.54, 1.807) is 0 Å². The first-order valence-corrected chi connectivity index (χ1v) is 4.76. The molecule has 1 N–H and O–H groups in total. The number of rotatable bonds is 1. The highest BCUT2D eigenvalue weighted by Crippen LogP contribution is 2.25. The highest BCUT2D eigenvalue weighted by molar-refractivity contribution is 6.02. The summed E-state index contributed by atoms with van der Waals surface area (Å²) >= 11 is 0. The van der Waals surface area contributed by atoms with Gasteiger partial charge in [-0.2, -0.15) is 0 Å². The van der Waals surface area contributed by atoms with Crippen LogP contribution in [0.25, 0.3) is 21.9 Å². The van der Waals surface area contributed by atoms with Gasteiger partial charge in [-0.25, -0.2) is 4.98 Å². The molecule has 3 heteroatoms. The summed E-state index contributed by atoms with van der Waals surface area (Å²) in [5, 5.41) is 11.1. The second-order valence-electron chi connectivity index (χ2n) is 3.40. The van der Waals surface area contributed by atoms with E-state index in [4.69, 9.17) is 9.52 Å². The minimum Gasteiger partial charge on any atom is -0.438 e. The van der Waals surface area contributed by atoms with E-state index in [1.807, 2.05) is 36.4 Å². The number of hydrogen-bond acceptors (Lipinski definition) is 3. The molecule has 0 atom stereocenters. The molecule has 0 unspecified atom stereocenters. The lowest BCUT2D eigenvalue weighted by atomic mass is 10.1. The van der Waals surface area contributed by atoms with Crippen LogP contribution in [0.4, 0.5) is 0 Å². The highest BCUT2D eigenvalue weighted by atomic mass is 16.4. The number of oxazole rings is 1. The van der Waals surface area contributed by atoms with Gasteiger partial charge in [0, 0.05) is 5.39 Å². The molecule has 0 aliphatic rings. The summed E-state index contributed by atoms with van der Waals surface area (Å²) in [5.74, 6) is 0.362. The Bertz CT molecular complexity index is 628. The molecule has 0 radical (unpaired) electrons. The lowest BCUT2D eigenvalue weighted by Crippen LogP contribution is -1.78. The largest absolute Gasteiger partial charge is 0.438 e. The molecule has 3 aromatic rings. The predicted molar refractivity (Wildman–Crippen MR) is 57.4 cm³/mol. The molecule has 0 saturated heterocycles. The van der Waals surface area contributed by atoms with Gasteiger partial charge in [0.05, 0.1) is 0 Å². The van der Waals surface area contributed by atoms with E-state index in [-0.39, 0.29) is 6.61 Å². The van der Waals surface area contributed by atoms with Gasteiger partial charge in [0.2, 0.25) is 5.89 Å². The van der Waals surface area contributed by atoms with E-state index in [2.05, 4.69) is 4.98 Å². The summed E-state index contributed by atoms with van der Waals surface area (Å²) < 4.78 is 5.47. The van der Waals surface area contributed by atoms with Crippen molar-refractivity contribution in [2.45, 2.75) is 6.61 Å². The van der Waals surface area contributed by atoms with Crippen molar-refractivity contribution in [1.29, 1.82) is 0 Å². The fourth-order valence-corrected chi connectivity index (χ4v) is 1.77. The van der Waals surface area contributed by atoms with Gasteiger partial charge in [-0.05, 0) is 11.5 Å². The maximum atomic E-state index is 8.95. The van der Waals surface area contributed by atoms with Crippen LogP contribution in [0.5, 0.6) is 0 Å². The summed E-state index contributed by atoms with van der Waals surface area (Å²) in [4.78, 5) is 4.16. The standard InChI is InChI=1S/C12H9NO2/c14-7-11-13-10-6-5-8-3-1-2-4-9(8)12(10)15-11/h1-6,14H,7H2. The zero-order chi connectivity index (χ0) is 10.3. The minimum absolute atomic E-state index is 0.164. The van der Waals surface area contributed by atoms with Crippen molar-refractivity contribution < 1.29 is 9.52 Å². The molecule has 0 spiro atoms. The average Bonchev–Trinajstić information content (AvgIpc) is 2.72. The van der Waals surface area contributed by atoms with Gasteiger partial charge in [-0.1, -0.05) is 30.3 Å². The van der Waals surface area contributed by atoms with Crippen molar-refractivity contribution in [3.63, 3.8) is 0 Å². The van der Waals surface area contributed by atoms with E-state index in [0.717, 1.165) is 21.9 Å². The van der Waals surface area contributed by atoms with Gasteiger partial charge in [-0.15, -0.1) is 0 Å². The van der Waals surface area contributed by atoms with Gasteiger partial charge in [-0.3, -0.25) is 0 Å². The summed E-state index contributed by atoms with van der Waals surface area (Å²) in [6, 6.07) is 11.9. The number of aromatic nitrogens is 1. The molecule has 0 saturated carbocycles. The number of aliphatic hydroxyl groups excluding tert-OH is 1. The number of nitrogens with zero attached hydrogens (tertiary/aromatic N) is 1. The molecule has 3 rings (SSSR count). The number of hydrogen-bond donors (Lipinski definition) is 1. The molecule has 0 aliphatic carbocycles. The van der Waals surface area contributed by atoms with E-state index < -0.39 is 0 Å². The van der Waals surface area contributed by atoms with Crippen molar-refractivity contribution in [1.82, 2.24) is 4.98 Å². The first-order valence-electron chi connectivity index (χ1n) is 4.76. The number of aliphatic hydroxyl groups is 1. The molecule has 74 valence electrons. The van der Waals surface area contributed by atoms with E-state index in [9.17, 15) is 0 Å². The van der Waals surface area contributed by atoms with Crippen LogP contribution < -0.4 is 0 Å². The molecule has 1 heterocycles. The quantitative estimate of drug-likeness (QED) is 0.654. The molecule has 0 fully saturated rings. The Balaban J connectivity index is 2.47. The van der Waals surface area contributed by atoms with Crippen LogP contribution in [0.2, 0.25) is 0 Å². The van der Waals surface area contributed by atoms with Crippen molar-refractivity contribution in [3.05, 3.63) is 42.3 Å². The SMILES string of the molecule is OCc1nc2ccc3ccccc3c2o1. The highest BCUT2D eigenvalue weighted by Gasteiger charge is 2.07. The summed E-state index contributed by atoms with van der Waals surface area (Å²) in [6.07, 6.45) is 0. The van der Waals surface area contributed by atoms with Crippen LogP contribution in [0.3, 0.4) is 0 Å². The fourth-order valence-electron chi connectivity index (χ4n) is 1.77. The zero-order valence-electron chi connectivity index (χ0n) is 7.97. The van der Waals surface area contributed by atoms with Gasteiger partial charge in [0.15, 0.2) is 5.58 Å². The summed E-state index contributed by atoms with van der Waals surface area (Å²) in [7, 11) is 0. The molecule has 2 aromatic carbocycles. The third kappa shape index (κ3) is 1.21. The van der Waals surface area contributed by atoms with E-state index in [1.165, 1.54) is 0 Å². The summed E-state index contributed by atoms with van der Waals surface area (Å²) in [5.41, 5.74) is 1.54. The number of fused-ring (bicyclic) bond motifs is 3. The smallest absolute Gasteiger partial charge is 0.221 e. The lowest BCUT2D eigenvalue weighted by molar-refractivity contribution is 0.244. The Hall–Kier alpha value is -1.87. The van der Waals surface area contributed by atoms with Crippen molar-refractivity contribution in [2.75, 3.05) is 0 Å². The summed E-state index contributed by atoms with van der Waals surface area (Å²) in [6.45, 7) is -0.164. The van der Waals surface area contributed by atoms with Crippen LogP contribution in [-0.2, 0) is 6.61 Å². The maximum Gasteiger partial charge on any atom is 0.221 e. The molecule has 3 nitrogen and oxygen atoms in total. The van der Waals surface area contributed by atoms with Crippen LogP contribution >= 0.6 is 0 Å². The monoisotopic (exact) mass is 199 g/mol. The Kier molecular flexibility index (Phi) is 1.73. The third-order valence-electron chi connectivity index (χ3n) is 2.46. The minimum atomic E-state index is -0.164. The topological polar surface area (TPSA) is 46.3 Å². The Morgan fingerprint density at radius 1 is 1.13 bits per heavy atom. The number of benzene rings is 2. The molecule has 1 aromatic heterocycles. The van der Waals surface area contributed by atoms with E-state index >= 15 is 0 Å². The van der Waals surface area contributed by atoms with E-state index in [0.29, 0.717) is 5.89 Å². The van der Waals surface area contributed by atoms with Crippen molar-refractivity contribution in [3.8, 4) is 0 Å². The van der Waals surface area contributed by atoms with Gasteiger partial charge >= 0.3 is 0 Å². The lowest BCUT2D eigenvalue weighted by Gasteiger charge is -1.95. The van der Waals surface area contributed by atoms with Gasteiger partial charge < -0.3 is 9.52 Å². The van der Waals surface area contributed by atoms with Gasteiger partial charge in [0.1, 0.15) is 12.1 Å². The molecular weight excluding hydrogens is 190 g/mol. The molecular formula is C12H9NO2. The van der Waals surface area contributed by atoms with Crippen molar-refractivity contribution in [2.24, 2.45) is 0 Å². The third-order valence-corrected chi connectivity index (χ3v) is 2.46. The second kappa shape index (κ2) is 3.07.